The minimum Gasteiger partial charge on any atom is -0.495 e. The average molecular weight is 490 g/mol. The van der Waals surface area contributed by atoms with Crippen LogP contribution in [0.4, 0.5) is 5.69 Å². The van der Waals surface area contributed by atoms with Crippen molar-refractivity contribution < 1.29 is 9.47 Å². The van der Waals surface area contributed by atoms with Crippen LogP contribution in [-0.4, -0.2) is 26.2 Å². The SMILES string of the molecule is COc1ccc(NC(N)=NCCOc2ccccc2C(C)C)cc1Cl.I. The summed E-state index contributed by atoms with van der Waals surface area (Å²) in [6.45, 7) is 5.19. The summed E-state index contributed by atoms with van der Waals surface area (Å²) >= 11 is 6.08. The molecule has 142 valence electrons. The molecule has 0 unspecified atom stereocenters. The molecule has 0 aliphatic rings. The first-order valence-electron chi connectivity index (χ1n) is 8.13. The molecule has 2 rings (SSSR count). The maximum atomic E-state index is 6.08. The van der Waals surface area contributed by atoms with Crippen molar-refractivity contribution in [3.8, 4) is 11.5 Å². The van der Waals surface area contributed by atoms with Gasteiger partial charge in [0.15, 0.2) is 5.96 Å². The monoisotopic (exact) mass is 489 g/mol. The van der Waals surface area contributed by atoms with Crippen molar-refractivity contribution in [2.75, 3.05) is 25.6 Å². The maximum absolute atomic E-state index is 6.08. The second-order valence-electron chi connectivity index (χ2n) is 5.78. The summed E-state index contributed by atoms with van der Waals surface area (Å²) in [7, 11) is 1.57. The molecular weight excluding hydrogens is 465 g/mol. The maximum Gasteiger partial charge on any atom is 0.193 e. The molecule has 5 nitrogen and oxygen atoms in total. The lowest BCUT2D eigenvalue weighted by Gasteiger charge is -2.13. The summed E-state index contributed by atoms with van der Waals surface area (Å²) in [5, 5.41) is 3.50. The molecule has 0 aliphatic heterocycles. The van der Waals surface area contributed by atoms with Gasteiger partial charge in [-0.05, 0) is 35.7 Å². The first kappa shape index (κ1) is 22.4. The lowest BCUT2D eigenvalue weighted by Crippen LogP contribution is -2.23. The van der Waals surface area contributed by atoms with E-state index in [0.717, 1.165) is 11.4 Å². The van der Waals surface area contributed by atoms with Crippen LogP contribution in [0.3, 0.4) is 0 Å². The van der Waals surface area contributed by atoms with Crippen LogP contribution in [0.2, 0.25) is 5.02 Å². The van der Waals surface area contributed by atoms with Crippen LogP contribution in [0.1, 0.15) is 25.3 Å². The highest BCUT2D eigenvalue weighted by Crippen LogP contribution is 2.27. The number of methoxy groups -OCH3 is 1. The first-order chi connectivity index (χ1) is 12.0. The summed E-state index contributed by atoms with van der Waals surface area (Å²) in [4.78, 5) is 4.27. The van der Waals surface area contributed by atoms with Crippen LogP contribution in [0.25, 0.3) is 0 Å². The molecule has 0 amide bonds. The molecule has 0 atom stereocenters. The van der Waals surface area contributed by atoms with Crippen molar-refractivity contribution in [1.82, 2.24) is 0 Å². The molecule has 0 saturated heterocycles. The zero-order valence-electron chi connectivity index (χ0n) is 15.2. The summed E-state index contributed by atoms with van der Waals surface area (Å²) in [5.74, 6) is 2.22. The van der Waals surface area contributed by atoms with Crippen LogP contribution in [0.15, 0.2) is 47.5 Å². The Balaban J connectivity index is 0.00000338. The molecular formula is C19H25ClIN3O2. The Hall–Kier alpha value is -1.67. The number of rotatable bonds is 7. The number of para-hydroxylation sites is 1. The van der Waals surface area contributed by atoms with E-state index in [2.05, 4.69) is 30.2 Å². The summed E-state index contributed by atoms with van der Waals surface area (Å²) in [6, 6.07) is 13.4. The largest absolute Gasteiger partial charge is 0.495 e. The lowest BCUT2D eigenvalue weighted by atomic mass is 10.0. The van der Waals surface area contributed by atoms with Gasteiger partial charge in [0.1, 0.15) is 18.1 Å². The molecule has 26 heavy (non-hydrogen) atoms. The predicted molar refractivity (Wildman–Crippen MR) is 120 cm³/mol. The highest BCUT2D eigenvalue weighted by molar-refractivity contribution is 14.0. The van der Waals surface area contributed by atoms with E-state index in [1.54, 1.807) is 19.2 Å². The Morgan fingerprint density at radius 2 is 1.92 bits per heavy atom. The Labute approximate surface area is 177 Å². The molecule has 0 spiro atoms. The van der Waals surface area contributed by atoms with Gasteiger partial charge in [-0.1, -0.05) is 43.6 Å². The van der Waals surface area contributed by atoms with Gasteiger partial charge in [0.2, 0.25) is 0 Å². The van der Waals surface area contributed by atoms with Gasteiger partial charge < -0.3 is 20.5 Å². The average Bonchev–Trinajstić information content (AvgIpc) is 2.59. The zero-order valence-corrected chi connectivity index (χ0v) is 18.2. The van der Waals surface area contributed by atoms with Crippen LogP contribution < -0.4 is 20.5 Å². The van der Waals surface area contributed by atoms with Crippen LogP contribution in [0, 0.1) is 0 Å². The minimum absolute atomic E-state index is 0. The third-order valence-corrected chi connectivity index (χ3v) is 3.89. The fraction of sp³-hybridized carbons (Fsp3) is 0.316. The van der Waals surface area contributed by atoms with Gasteiger partial charge in [-0.2, -0.15) is 0 Å². The van der Waals surface area contributed by atoms with E-state index in [0.29, 0.717) is 35.8 Å². The van der Waals surface area contributed by atoms with Crippen LogP contribution in [0.5, 0.6) is 11.5 Å². The zero-order chi connectivity index (χ0) is 18.2. The van der Waals surface area contributed by atoms with E-state index in [9.17, 15) is 0 Å². The third-order valence-electron chi connectivity index (χ3n) is 3.60. The number of hydrogen-bond donors (Lipinski definition) is 2. The highest BCUT2D eigenvalue weighted by atomic mass is 127. The molecule has 0 radical (unpaired) electrons. The Bertz CT molecular complexity index is 738. The number of aliphatic imine (C=N–C) groups is 1. The molecule has 0 fully saturated rings. The molecule has 0 saturated carbocycles. The number of ether oxygens (including phenoxy) is 2. The molecule has 3 N–H and O–H groups in total. The van der Waals surface area contributed by atoms with E-state index >= 15 is 0 Å². The minimum atomic E-state index is 0. The van der Waals surface area contributed by atoms with Gasteiger partial charge in [0, 0.05) is 5.69 Å². The number of nitrogens with one attached hydrogen (secondary N) is 1. The molecule has 2 aromatic carbocycles. The summed E-state index contributed by atoms with van der Waals surface area (Å²) in [6.07, 6.45) is 0. The fourth-order valence-electron chi connectivity index (χ4n) is 2.34. The Morgan fingerprint density at radius 3 is 2.58 bits per heavy atom. The van der Waals surface area contributed by atoms with Gasteiger partial charge in [-0.3, -0.25) is 0 Å². The van der Waals surface area contributed by atoms with Gasteiger partial charge in [0.05, 0.1) is 18.7 Å². The van der Waals surface area contributed by atoms with Crippen LogP contribution >= 0.6 is 35.6 Å². The van der Waals surface area contributed by atoms with Crippen molar-refractivity contribution in [2.24, 2.45) is 10.7 Å². The van der Waals surface area contributed by atoms with Gasteiger partial charge >= 0.3 is 0 Å². The topological polar surface area (TPSA) is 68.9 Å². The second kappa shape index (κ2) is 11.1. The molecule has 0 heterocycles. The first-order valence-corrected chi connectivity index (χ1v) is 8.51. The van der Waals surface area contributed by atoms with Crippen molar-refractivity contribution in [2.45, 2.75) is 19.8 Å². The number of hydrogen-bond acceptors (Lipinski definition) is 3. The van der Waals surface area contributed by atoms with Crippen molar-refractivity contribution >= 4 is 47.2 Å². The molecule has 0 bridgehead atoms. The summed E-state index contributed by atoms with van der Waals surface area (Å²) in [5.41, 5.74) is 7.83. The van der Waals surface area contributed by atoms with Crippen LogP contribution in [-0.2, 0) is 0 Å². The molecule has 2 aromatic rings. The van der Waals surface area contributed by atoms with Crippen molar-refractivity contribution in [3.63, 3.8) is 0 Å². The standard InChI is InChI=1S/C19H24ClN3O2.HI/c1-13(2)15-6-4-5-7-17(15)25-11-10-22-19(21)23-14-8-9-18(24-3)16(20)12-14;/h4-9,12-13H,10-11H2,1-3H3,(H3,21,22,23);1H. The van der Waals surface area contributed by atoms with Crippen molar-refractivity contribution in [3.05, 3.63) is 53.1 Å². The number of benzene rings is 2. The normalized spacial score (nSPS) is 11.0. The molecule has 0 aromatic heterocycles. The third kappa shape index (κ3) is 6.57. The number of nitrogens with two attached hydrogens (primary N) is 1. The van der Waals surface area contributed by atoms with Gasteiger partial charge in [-0.25, -0.2) is 4.99 Å². The molecule has 7 heteroatoms. The Kier molecular flexibility index (Phi) is 9.58. The van der Waals surface area contributed by atoms with E-state index in [1.165, 1.54) is 5.56 Å². The van der Waals surface area contributed by atoms with E-state index in [-0.39, 0.29) is 24.0 Å². The number of nitrogens with zero attached hydrogens (tertiary/aromatic N) is 1. The number of guanidine groups is 1. The second-order valence-corrected chi connectivity index (χ2v) is 6.19. The number of anilines is 1. The summed E-state index contributed by atoms with van der Waals surface area (Å²) < 4.78 is 10.9. The predicted octanol–water partition coefficient (Wildman–Crippen LogP) is 4.90. The number of halogens is 2. The van der Waals surface area contributed by atoms with Crippen molar-refractivity contribution in [1.29, 1.82) is 0 Å². The van der Waals surface area contributed by atoms with E-state index in [1.807, 2.05) is 24.3 Å². The smallest absolute Gasteiger partial charge is 0.193 e. The fourth-order valence-corrected chi connectivity index (χ4v) is 2.60. The van der Waals surface area contributed by atoms with Gasteiger partial charge in [-0.15, -0.1) is 24.0 Å². The Morgan fingerprint density at radius 1 is 1.19 bits per heavy atom. The molecule has 0 aliphatic carbocycles. The van der Waals surface area contributed by atoms with Gasteiger partial charge in [0.25, 0.3) is 0 Å². The van der Waals surface area contributed by atoms with E-state index in [4.69, 9.17) is 26.8 Å². The van der Waals surface area contributed by atoms with E-state index < -0.39 is 0 Å². The highest BCUT2D eigenvalue weighted by Gasteiger charge is 2.06. The quantitative estimate of drug-likeness (QED) is 0.251. The lowest BCUT2D eigenvalue weighted by molar-refractivity contribution is 0.324.